The van der Waals surface area contributed by atoms with Gasteiger partial charge in [0, 0.05) is 38.3 Å². The minimum Gasteiger partial charge on any atom is -0.497 e. The number of thiophene rings is 1. The predicted octanol–water partition coefficient (Wildman–Crippen LogP) is 2.01. The fraction of sp³-hybridized carbons (Fsp3) is 0.429. The van der Waals surface area contributed by atoms with Gasteiger partial charge < -0.3 is 20.5 Å². The molecule has 8 nitrogen and oxygen atoms in total. The maximum absolute atomic E-state index is 12.7. The fourth-order valence-corrected chi connectivity index (χ4v) is 4.33. The number of benzene rings is 1. The van der Waals surface area contributed by atoms with Crippen molar-refractivity contribution in [2.45, 2.75) is 19.5 Å². The minimum atomic E-state index is -0.541. The maximum Gasteiger partial charge on any atom is 0.251 e. The molecule has 1 aromatic heterocycles. The Morgan fingerprint density at radius 2 is 1.90 bits per heavy atom. The van der Waals surface area contributed by atoms with E-state index in [0.29, 0.717) is 10.6 Å². The summed E-state index contributed by atoms with van der Waals surface area (Å²) in [6, 6.07) is 7.12. The Morgan fingerprint density at radius 3 is 2.53 bits per heavy atom. The third kappa shape index (κ3) is 5.10. The van der Waals surface area contributed by atoms with Crippen molar-refractivity contribution in [3.05, 3.63) is 40.8 Å². The molecule has 3 rings (SSSR count). The average molecular weight is 433 g/mol. The van der Waals surface area contributed by atoms with E-state index in [1.54, 1.807) is 25.7 Å². The van der Waals surface area contributed by atoms with Crippen molar-refractivity contribution < 1.29 is 19.1 Å². The molecule has 0 bridgehead atoms. The third-order valence-electron chi connectivity index (χ3n) is 5.38. The number of anilines is 1. The molecule has 3 N–H and O–H groups in total. The molecular weight excluding hydrogens is 404 g/mol. The summed E-state index contributed by atoms with van der Waals surface area (Å²) in [5, 5.41) is 5.09. The second-order valence-corrected chi connectivity index (χ2v) is 8.10. The van der Waals surface area contributed by atoms with E-state index in [1.807, 2.05) is 25.1 Å². The number of hydrogen-bond donors (Lipinski definition) is 2. The van der Waals surface area contributed by atoms with Crippen LogP contribution in [0.1, 0.15) is 22.8 Å². The Hall–Kier alpha value is -2.62. The number of nitrogens with one attached hydrogen (secondary N) is 1. The maximum atomic E-state index is 12.7. The number of carbonyl (C=O) groups is 2. The van der Waals surface area contributed by atoms with Crippen LogP contribution in [0.25, 0.3) is 0 Å². The van der Waals surface area contributed by atoms with E-state index < -0.39 is 5.91 Å². The summed E-state index contributed by atoms with van der Waals surface area (Å²) >= 11 is 1.30. The lowest BCUT2D eigenvalue weighted by molar-refractivity contribution is -0.121. The molecule has 2 heterocycles. The van der Waals surface area contributed by atoms with Crippen LogP contribution < -0.4 is 20.5 Å². The summed E-state index contributed by atoms with van der Waals surface area (Å²) in [6.45, 7) is 5.86. The molecule has 2 aromatic rings. The van der Waals surface area contributed by atoms with Crippen LogP contribution in [0.4, 0.5) is 5.00 Å². The van der Waals surface area contributed by atoms with Crippen molar-refractivity contribution in [3.8, 4) is 11.5 Å². The van der Waals surface area contributed by atoms with Gasteiger partial charge in [-0.3, -0.25) is 19.4 Å². The number of ether oxygens (including phenoxy) is 2. The van der Waals surface area contributed by atoms with Gasteiger partial charge in [-0.2, -0.15) is 0 Å². The Balaban J connectivity index is 1.55. The lowest BCUT2D eigenvalue weighted by Crippen LogP contribution is -2.52. The first kappa shape index (κ1) is 22.1. The largest absolute Gasteiger partial charge is 0.497 e. The van der Waals surface area contributed by atoms with Crippen molar-refractivity contribution in [2.75, 3.05) is 45.7 Å². The van der Waals surface area contributed by atoms with Gasteiger partial charge in [-0.1, -0.05) is 0 Å². The zero-order valence-electron chi connectivity index (χ0n) is 17.5. The number of hydrogen-bond acceptors (Lipinski definition) is 7. The topological polar surface area (TPSA) is 97.1 Å². The molecule has 0 spiro atoms. The average Bonchev–Trinajstić information content (AvgIpc) is 3.22. The van der Waals surface area contributed by atoms with Gasteiger partial charge in [0.05, 0.1) is 25.8 Å². The van der Waals surface area contributed by atoms with Gasteiger partial charge in [0.1, 0.15) is 16.5 Å². The van der Waals surface area contributed by atoms with Gasteiger partial charge in [0.15, 0.2) is 0 Å². The van der Waals surface area contributed by atoms with E-state index in [1.165, 1.54) is 11.3 Å². The molecule has 0 unspecified atom stereocenters. The highest BCUT2D eigenvalue weighted by Gasteiger charge is 2.27. The van der Waals surface area contributed by atoms with Crippen LogP contribution in [0.15, 0.2) is 29.6 Å². The molecular formula is C21H28N4O4S. The van der Waals surface area contributed by atoms with E-state index in [-0.39, 0.29) is 11.9 Å². The molecule has 0 radical (unpaired) electrons. The number of nitrogens with two attached hydrogens (primary N) is 1. The molecule has 0 saturated carbocycles. The molecule has 0 aliphatic carbocycles. The first-order valence-electron chi connectivity index (χ1n) is 9.78. The van der Waals surface area contributed by atoms with Crippen LogP contribution in [0, 0.1) is 0 Å². The van der Waals surface area contributed by atoms with Crippen molar-refractivity contribution in [3.63, 3.8) is 0 Å². The molecule has 1 aliphatic rings. The fourth-order valence-electron chi connectivity index (χ4n) is 3.54. The van der Waals surface area contributed by atoms with E-state index in [2.05, 4.69) is 15.1 Å². The molecule has 1 saturated heterocycles. The van der Waals surface area contributed by atoms with Crippen molar-refractivity contribution >= 4 is 28.2 Å². The van der Waals surface area contributed by atoms with E-state index in [4.69, 9.17) is 15.2 Å². The van der Waals surface area contributed by atoms with Crippen LogP contribution in [0.5, 0.6) is 11.5 Å². The number of rotatable bonds is 8. The normalized spacial score (nSPS) is 16.1. The highest BCUT2D eigenvalue weighted by molar-refractivity contribution is 7.14. The van der Waals surface area contributed by atoms with Gasteiger partial charge in [0.2, 0.25) is 5.91 Å². The monoisotopic (exact) mass is 432 g/mol. The number of nitrogens with zero attached hydrogens (tertiary/aromatic N) is 2. The lowest BCUT2D eigenvalue weighted by Gasteiger charge is -2.37. The Bertz CT molecular complexity index is 893. The predicted molar refractivity (Wildman–Crippen MR) is 117 cm³/mol. The van der Waals surface area contributed by atoms with Crippen LogP contribution >= 0.6 is 11.3 Å². The number of amides is 2. The number of primary amides is 1. The number of carbonyl (C=O) groups excluding carboxylic acids is 2. The summed E-state index contributed by atoms with van der Waals surface area (Å²) < 4.78 is 10.8. The number of piperazine rings is 1. The summed E-state index contributed by atoms with van der Waals surface area (Å²) in [5.41, 5.74) is 6.78. The standard InChI is InChI=1S/C21H28N4O4S/c1-14(20(27)23-21-17(19(22)26)6-11-30-21)25-9-7-24(8-10-25)13-15-12-16(28-2)4-5-18(15)29-3/h4-6,11-12,14H,7-10,13H2,1-3H3,(H2,22,26)(H,23,27)/t14-/m0/s1. The highest BCUT2D eigenvalue weighted by Crippen LogP contribution is 2.26. The Morgan fingerprint density at radius 1 is 1.17 bits per heavy atom. The molecule has 1 fully saturated rings. The summed E-state index contributed by atoms with van der Waals surface area (Å²) in [4.78, 5) is 28.6. The molecule has 162 valence electrons. The van der Waals surface area contributed by atoms with Gasteiger partial charge in [0.25, 0.3) is 5.91 Å². The van der Waals surface area contributed by atoms with Crippen LogP contribution in [-0.4, -0.2) is 68.1 Å². The second-order valence-electron chi connectivity index (χ2n) is 7.18. The van der Waals surface area contributed by atoms with Crippen LogP contribution in [0.3, 0.4) is 0 Å². The minimum absolute atomic E-state index is 0.136. The smallest absolute Gasteiger partial charge is 0.251 e. The van der Waals surface area contributed by atoms with E-state index in [0.717, 1.165) is 49.8 Å². The highest BCUT2D eigenvalue weighted by atomic mass is 32.1. The summed E-state index contributed by atoms with van der Waals surface area (Å²) in [6.07, 6.45) is 0. The Labute approximate surface area is 180 Å². The van der Waals surface area contributed by atoms with E-state index >= 15 is 0 Å². The first-order valence-corrected chi connectivity index (χ1v) is 10.7. The van der Waals surface area contributed by atoms with Gasteiger partial charge in [-0.05, 0) is 36.6 Å². The quantitative estimate of drug-likeness (QED) is 0.662. The van der Waals surface area contributed by atoms with Crippen molar-refractivity contribution in [1.82, 2.24) is 9.80 Å². The second kappa shape index (κ2) is 9.92. The zero-order chi connectivity index (χ0) is 21.7. The summed E-state index contributed by atoms with van der Waals surface area (Å²) in [5.74, 6) is 0.967. The lowest BCUT2D eigenvalue weighted by atomic mass is 10.1. The molecule has 9 heteroatoms. The SMILES string of the molecule is COc1ccc(OC)c(CN2CCN([C@@H](C)C(=O)Nc3sccc3C(N)=O)CC2)c1. The third-order valence-corrected chi connectivity index (χ3v) is 6.21. The summed E-state index contributed by atoms with van der Waals surface area (Å²) in [7, 11) is 3.32. The van der Waals surface area contributed by atoms with Gasteiger partial charge >= 0.3 is 0 Å². The molecule has 2 amide bonds. The van der Waals surface area contributed by atoms with Gasteiger partial charge in [-0.15, -0.1) is 11.3 Å². The first-order chi connectivity index (χ1) is 14.4. The van der Waals surface area contributed by atoms with Crippen LogP contribution in [0.2, 0.25) is 0 Å². The van der Waals surface area contributed by atoms with Gasteiger partial charge in [-0.25, -0.2) is 0 Å². The molecule has 1 aliphatic heterocycles. The molecule has 1 aromatic carbocycles. The van der Waals surface area contributed by atoms with Crippen molar-refractivity contribution in [2.24, 2.45) is 5.73 Å². The zero-order valence-corrected chi connectivity index (χ0v) is 18.3. The molecule has 1 atom stereocenters. The Kier molecular flexibility index (Phi) is 7.30. The van der Waals surface area contributed by atoms with Crippen LogP contribution in [-0.2, 0) is 11.3 Å². The van der Waals surface area contributed by atoms with E-state index in [9.17, 15) is 9.59 Å². The molecule has 30 heavy (non-hydrogen) atoms. The number of methoxy groups -OCH3 is 2. The van der Waals surface area contributed by atoms with Crippen molar-refractivity contribution in [1.29, 1.82) is 0 Å².